The minimum atomic E-state index is 0.822. The van der Waals surface area contributed by atoms with Crippen LogP contribution in [0.3, 0.4) is 0 Å². The summed E-state index contributed by atoms with van der Waals surface area (Å²) in [6.45, 7) is 2.13. The highest BCUT2D eigenvalue weighted by Gasteiger charge is 2.08. The van der Waals surface area contributed by atoms with Crippen molar-refractivity contribution < 1.29 is 4.57 Å². The van der Waals surface area contributed by atoms with Crippen molar-refractivity contribution in [2.24, 2.45) is 0 Å². The third-order valence-electron chi connectivity index (χ3n) is 2.50. The number of fused-ring (bicyclic) bond motifs is 1. The summed E-state index contributed by atoms with van der Waals surface area (Å²) in [6.07, 6.45) is 4.16. The summed E-state index contributed by atoms with van der Waals surface area (Å²) in [6, 6.07) is 10.6. The van der Waals surface area contributed by atoms with Crippen molar-refractivity contribution in [1.82, 2.24) is 0 Å². The average molecular weight is 342 g/mol. The van der Waals surface area contributed by atoms with E-state index in [0.29, 0.717) is 0 Å². The molecule has 0 fully saturated rings. The van der Waals surface area contributed by atoms with Crippen LogP contribution in [-0.4, -0.2) is 5.33 Å². The fraction of sp³-hybridized carbons (Fsp3) is 0.154. The van der Waals surface area contributed by atoms with Crippen LogP contribution < -0.4 is 4.57 Å². The highest BCUT2D eigenvalue weighted by atomic mass is 79.9. The zero-order valence-corrected chi connectivity index (χ0v) is 12.1. The SMILES string of the molecule is Cc1cc[n+](C=C(Br)CBr)c2ccccc12. The van der Waals surface area contributed by atoms with Gasteiger partial charge in [-0.1, -0.05) is 28.1 Å². The van der Waals surface area contributed by atoms with Gasteiger partial charge in [0.15, 0.2) is 12.4 Å². The molecule has 3 heteroatoms. The molecule has 0 amide bonds. The molecule has 1 nitrogen and oxygen atoms in total. The van der Waals surface area contributed by atoms with Crippen molar-refractivity contribution in [2.45, 2.75) is 6.92 Å². The van der Waals surface area contributed by atoms with Crippen LogP contribution in [0.2, 0.25) is 0 Å². The molecule has 0 saturated heterocycles. The van der Waals surface area contributed by atoms with Gasteiger partial charge in [-0.25, -0.2) is 0 Å². The number of alkyl halides is 1. The van der Waals surface area contributed by atoms with Gasteiger partial charge in [0, 0.05) is 22.8 Å². The smallest absolute Gasteiger partial charge is 0.166 e. The molecule has 0 bridgehead atoms. The molecule has 2 aromatic rings. The predicted octanol–water partition coefficient (Wildman–Crippen LogP) is 4.02. The van der Waals surface area contributed by atoms with Gasteiger partial charge in [0.05, 0.1) is 4.48 Å². The molecule has 16 heavy (non-hydrogen) atoms. The van der Waals surface area contributed by atoms with E-state index in [4.69, 9.17) is 0 Å². The number of pyridine rings is 1. The van der Waals surface area contributed by atoms with E-state index in [0.717, 1.165) is 9.81 Å². The number of halogens is 2. The predicted molar refractivity (Wildman–Crippen MR) is 75.9 cm³/mol. The summed E-state index contributed by atoms with van der Waals surface area (Å²) in [4.78, 5) is 0. The van der Waals surface area contributed by atoms with E-state index in [9.17, 15) is 0 Å². The molecular weight excluding hydrogens is 330 g/mol. The molecule has 0 radical (unpaired) electrons. The van der Waals surface area contributed by atoms with Gasteiger partial charge in [0.2, 0.25) is 5.52 Å². The summed E-state index contributed by atoms with van der Waals surface area (Å²) >= 11 is 6.93. The molecule has 0 unspecified atom stereocenters. The average Bonchev–Trinajstić information content (AvgIpc) is 2.33. The maximum absolute atomic E-state index is 3.51. The molecule has 0 atom stereocenters. The van der Waals surface area contributed by atoms with E-state index in [-0.39, 0.29) is 0 Å². The Morgan fingerprint density at radius 1 is 1.31 bits per heavy atom. The van der Waals surface area contributed by atoms with E-state index in [1.807, 2.05) is 0 Å². The van der Waals surface area contributed by atoms with Crippen molar-refractivity contribution in [3.63, 3.8) is 0 Å². The van der Waals surface area contributed by atoms with Crippen molar-refractivity contribution in [2.75, 3.05) is 5.33 Å². The van der Waals surface area contributed by atoms with E-state index in [1.54, 1.807) is 0 Å². The van der Waals surface area contributed by atoms with E-state index in [2.05, 4.69) is 86.1 Å². The third kappa shape index (κ3) is 2.36. The Bertz CT molecular complexity index is 547. The first-order valence-electron chi connectivity index (χ1n) is 5.04. The van der Waals surface area contributed by atoms with E-state index in [1.165, 1.54) is 16.5 Å². The van der Waals surface area contributed by atoms with Gasteiger partial charge in [0.25, 0.3) is 0 Å². The molecule has 1 aromatic heterocycles. The minimum absolute atomic E-state index is 0.822. The number of hydrogen-bond donors (Lipinski definition) is 0. The Hall–Kier alpha value is -0.670. The maximum Gasteiger partial charge on any atom is 0.218 e. The van der Waals surface area contributed by atoms with Gasteiger partial charge in [-0.3, -0.25) is 0 Å². The molecule has 0 aliphatic heterocycles. The number of nitrogens with zero attached hydrogens (tertiary/aromatic N) is 1. The second-order valence-corrected chi connectivity index (χ2v) is 5.21. The number of hydrogen-bond acceptors (Lipinski definition) is 0. The topological polar surface area (TPSA) is 3.88 Å². The van der Waals surface area contributed by atoms with Crippen LogP contribution in [0.5, 0.6) is 0 Å². The lowest BCUT2D eigenvalue weighted by atomic mass is 10.1. The summed E-state index contributed by atoms with van der Waals surface area (Å²) in [5, 5.41) is 2.11. The van der Waals surface area contributed by atoms with Gasteiger partial charge in [-0.05, 0) is 34.5 Å². The number of rotatable bonds is 2. The maximum atomic E-state index is 3.51. The van der Waals surface area contributed by atoms with Crippen molar-refractivity contribution in [3.8, 4) is 0 Å². The molecule has 0 N–H and O–H groups in total. The van der Waals surface area contributed by atoms with E-state index >= 15 is 0 Å². The van der Waals surface area contributed by atoms with Gasteiger partial charge in [0.1, 0.15) is 0 Å². The Labute approximate surface area is 112 Å². The number of aromatic nitrogens is 1. The standard InChI is InChI=1S/C13H12Br2N/c1-10-6-7-16(9-11(15)8-14)13-5-3-2-4-12(10)13/h2-7,9H,8H2,1H3/q+1. The first-order valence-corrected chi connectivity index (χ1v) is 6.95. The molecule has 0 spiro atoms. The molecule has 0 saturated carbocycles. The first kappa shape index (κ1) is 11.8. The second-order valence-electron chi connectivity index (χ2n) is 3.63. The van der Waals surface area contributed by atoms with Gasteiger partial charge < -0.3 is 0 Å². The van der Waals surface area contributed by atoms with Crippen LogP contribution in [0.1, 0.15) is 5.56 Å². The van der Waals surface area contributed by atoms with Crippen LogP contribution in [0.25, 0.3) is 17.1 Å². The lowest BCUT2D eigenvalue weighted by Crippen LogP contribution is -2.27. The fourth-order valence-corrected chi connectivity index (χ4v) is 2.06. The van der Waals surface area contributed by atoms with Crippen LogP contribution in [0.15, 0.2) is 41.0 Å². The normalized spacial score (nSPS) is 12.1. The Morgan fingerprint density at radius 3 is 2.81 bits per heavy atom. The highest BCUT2D eigenvalue weighted by molar-refractivity contribution is 9.13. The number of aryl methyl sites for hydroxylation is 1. The Balaban J connectivity index is 2.68. The van der Waals surface area contributed by atoms with Crippen LogP contribution in [-0.2, 0) is 0 Å². The van der Waals surface area contributed by atoms with Crippen LogP contribution in [0.4, 0.5) is 0 Å². The molecule has 1 heterocycles. The highest BCUT2D eigenvalue weighted by Crippen LogP contribution is 2.15. The molecule has 82 valence electrons. The van der Waals surface area contributed by atoms with Gasteiger partial charge >= 0.3 is 0 Å². The molecular formula is C13H12Br2N+. The minimum Gasteiger partial charge on any atom is -0.166 e. The second kappa shape index (κ2) is 5.11. The van der Waals surface area contributed by atoms with E-state index < -0.39 is 0 Å². The lowest BCUT2D eigenvalue weighted by Gasteiger charge is -2.00. The Morgan fingerprint density at radius 2 is 2.06 bits per heavy atom. The number of benzene rings is 1. The molecule has 2 rings (SSSR count). The van der Waals surface area contributed by atoms with Crippen molar-refractivity contribution in [3.05, 3.63) is 46.6 Å². The largest absolute Gasteiger partial charge is 0.218 e. The molecule has 0 aliphatic rings. The zero-order valence-electron chi connectivity index (χ0n) is 8.95. The Kier molecular flexibility index (Phi) is 3.77. The summed E-state index contributed by atoms with van der Waals surface area (Å²) in [5.41, 5.74) is 2.52. The number of para-hydroxylation sites is 1. The monoisotopic (exact) mass is 340 g/mol. The summed E-state index contributed by atoms with van der Waals surface area (Å²) < 4.78 is 3.25. The van der Waals surface area contributed by atoms with Crippen LogP contribution >= 0.6 is 31.9 Å². The van der Waals surface area contributed by atoms with Gasteiger partial charge in [-0.15, -0.1) is 0 Å². The molecule has 1 aromatic carbocycles. The third-order valence-corrected chi connectivity index (χ3v) is 4.34. The fourth-order valence-electron chi connectivity index (χ4n) is 1.69. The number of allylic oxidation sites excluding steroid dienone is 1. The lowest BCUT2D eigenvalue weighted by molar-refractivity contribution is -0.539. The molecule has 0 aliphatic carbocycles. The van der Waals surface area contributed by atoms with Gasteiger partial charge in [-0.2, -0.15) is 4.57 Å². The van der Waals surface area contributed by atoms with Crippen LogP contribution in [0, 0.1) is 6.92 Å². The van der Waals surface area contributed by atoms with Crippen molar-refractivity contribution >= 4 is 49.0 Å². The quantitative estimate of drug-likeness (QED) is 0.573. The van der Waals surface area contributed by atoms with Crippen molar-refractivity contribution in [1.29, 1.82) is 0 Å². The first-order chi connectivity index (χ1) is 7.72. The summed E-state index contributed by atoms with van der Waals surface area (Å²) in [5.74, 6) is 0. The summed E-state index contributed by atoms with van der Waals surface area (Å²) in [7, 11) is 0. The zero-order chi connectivity index (χ0) is 11.5.